The van der Waals surface area contributed by atoms with E-state index in [2.05, 4.69) is 52.4 Å². The third kappa shape index (κ3) is 4.56. The van der Waals surface area contributed by atoms with Crippen LogP contribution in [0.3, 0.4) is 0 Å². The first-order chi connectivity index (χ1) is 8.54. The molecule has 0 amide bonds. The first-order valence-corrected chi connectivity index (χ1v) is 6.81. The molecule has 0 unspecified atom stereocenters. The number of anilines is 1. The monoisotopic (exact) mass is 313 g/mol. The molecule has 0 saturated carbocycles. The smallest absolute Gasteiger partial charge is 0.139 e. The molecule has 0 spiro atoms. The summed E-state index contributed by atoms with van der Waals surface area (Å²) in [6, 6.07) is 4.21. The molecule has 0 atom stereocenters. The number of benzene rings is 1. The van der Waals surface area contributed by atoms with Crippen molar-refractivity contribution < 1.29 is 5.21 Å². The van der Waals surface area contributed by atoms with Crippen LogP contribution in [0.1, 0.15) is 30.4 Å². The third-order valence-electron chi connectivity index (χ3n) is 2.79. The van der Waals surface area contributed by atoms with Crippen molar-refractivity contribution >= 4 is 27.5 Å². The van der Waals surface area contributed by atoms with Crippen molar-refractivity contribution in [1.29, 1.82) is 0 Å². The molecule has 1 rings (SSSR count). The zero-order valence-electron chi connectivity index (χ0n) is 10.8. The van der Waals surface area contributed by atoms with Gasteiger partial charge in [0, 0.05) is 23.1 Å². The summed E-state index contributed by atoms with van der Waals surface area (Å²) < 4.78 is 1.11. The fourth-order valence-corrected chi connectivity index (χ4v) is 2.57. The number of oxime groups is 1. The van der Waals surface area contributed by atoms with Crippen LogP contribution in [-0.4, -0.2) is 17.6 Å². The topological polar surface area (TPSA) is 70.6 Å². The number of nitrogens with one attached hydrogen (secondary N) is 1. The zero-order valence-corrected chi connectivity index (χ0v) is 12.4. The minimum atomic E-state index is 0.297. The number of aryl methyl sites for hydroxylation is 2. The molecule has 18 heavy (non-hydrogen) atoms. The second kappa shape index (κ2) is 7.26. The Kier molecular flexibility index (Phi) is 5.98. The van der Waals surface area contributed by atoms with Gasteiger partial charge in [0.2, 0.25) is 0 Å². The van der Waals surface area contributed by atoms with E-state index in [1.165, 1.54) is 16.8 Å². The highest BCUT2D eigenvalue weighted by atomic mass is 79.9. The fraction of sp³-hybridized carbons (Fsp3) is 0.462. The van der Waals surface area contributed by atoms with Gasteiger partial charge in [0.25, 0.3) is 0 Å². The molecule has 0 bridgehead atoms. The Balaban J connectivity index is 2.40. The van der Waals surface area contributed by atoms with Crippen LogP contribution in [0.25, 0.3) is 0 Å². The van der Waals surface area contributed by atoms with E-state index in [0.717, 1.165) is 23.9 Å². The van der Waals surface area contributed by atoms with E-state index < -0.39 is 0 Å². The highest BCUT2D eigenvalue weighted by molar-refractivity contribution is 9.10. The lowest BCUT2D eigenvalue weighted by atomic mass is 10.1. The Morgan fingerprint density at radius 1 is 1.33 bits per heavy atom. The molecule has 0 radical (unpaired) electrons. The molecule has 1 aromatic carbocycles. The number of hydrogen-bond donors (Lipinski definition) is 3. The molecule has 0 fully saturated rings. The number of rotatable bonds is 6. The molecule has 0 aliphatic carbocycles. The predicted molar refractivity (Wildman–Crippen MR) is 79.4 cm³/mol. The number of hydrogen-bond acceptors (Lipinski definition) is 3. The molecule has 4 nitrogen and oxygen atoms in total. The van der Waals surface area contributed by atoms with Crippen LogP contribution in [0.15, 0.2) is 21.8 Å². The van der Waals surface area contributed by atoms with Gasteiger partial charge in [-0.2, -0.15) is 0 Å². The maximum atomic E-state index is 8.41. The van der Waals surface area contributed by atoms with Crippen molar-refractivity contribution in [1.82, 2.24) is 0 Å². The number of amidine groups is 1. The van der Waals surface area contributed by atoms with Crippen molar-refractivity contribution in [3.63, 3.8) is 0 Å². The molecule has 0 aliphatic heterocycles. The Morgan fingerprint density at radius 3 is 2.50 bits per heavy atom. The summed E-state index contributed by atoms with van der Waals surface area (Å²) in [5.41, 5.74) is 9.07. The lowest BCUT2D eigenvalue weighted by molar-refractivity contribution is 0.316. The van der Waals surface area contributed by atoms with E-state index in [1.54, 1.807) is 0 Å². The molecule has 5 heteroatoms. The number of halogens is 1. The van der Waals surface area contributed by atoms with Gasteiger partial charge in [0.15, 0.2) is 0 Å². The molecule has 0 aliphatic rings. The van der Waals surface area contributed by atoms with Gasteiger partial charge in [-0.25, -0.2) is 0 Å². The van der Waals surface area contributed by atoms with Crippen molar-refractivity contribution in [2.75, 3.05) is 11.9 Å². The number of nitrogens with two attached hydrogens (primary N) is 1. The molecule has 0 aromatic heterocycles. The summed E-state index contributed by atoms with van der Waals surface area (Å²) in [6.45, 7) is 5.08. The van der Waals surface area contributed by atoms with Crippen molar-refractivity contribution in [2.45, 2.75) is 33.1 Å². The number of unbranched alkanes of at least 4 members (excludes halogenated alkanes) is 1. The van der Waals surface area contributed by atoms with E-state index >= 15 is 0 Å². The molecule has 0 saturated heterocycles. The van der Waals surface area contributed by atoms with Crippen molar-refractivity contribution in [3.05, 3.63) is 27.7 Å². The average molecular weight is 314 g/mol. The minimum Gasteiger partial charge on any atom is -0.409 e. The Morgan fingerprint density at radius 2 is 1.94 bits per heavy atom. The van der Waals surface area contributed by atoms with Crippen LogP contribution in [0.4, 0.5) is 5.69 Å². The van der Waals surface area contributed by atoms with Crippen LogP contribution in [0.2, 0.25) is 0 Å². The lowest BCUT2D eigenvalue weighted by Gasteiger charge is -2.13. The third-order valence-corrected chi connectivity index (χ3v) is 3.25. The standard InChI is InChI=1S/C13H20BrN3O/c1-9-7-11(14)8-10(2)13(9)16-6-4-3-5-12(15)17-18/h7-8,16,18H,3-6H2,1-2H3,(H2,15,17). The van der Waals surface area contributed by atoms with E-state index in [1.807, 2.05) is 0 Å². The molecule has 100 valence electrons. The van der Waals surface area contributed by atoms with E-state index in [9.17, 15) is 0 Å². The summed E-state index contributed by atoms with van der Waals surface area (Å²) in [7, 11) is 0. The Hall–Kier alpha value is -1.23. The quantitative estimate of drug-likeness (QED) is 0.248. The summed E-state index contributed by atoms with van der Waals surface area (Å²) in [5.74, 6) is 0.297. The fourth-order valence-electron chi connectivity index (χ4n) is 1.88. The summed E-state index contributed by atoms with van der Waals surface area (Å²) in [5, 5.41) is 14.8. The van der Waals surface area contributed by atoms with Crippen LogP contribution in [0.5, 0.6) is 0 Å². The van der Waals surface area contributed by atoms with E-state index in [0.29, 0.717) is 12.3 Å². The SMILES string of the molecule is Cc1cc(Br)cc(C)c1NCCCCC(N)=NO. The highest BCUT2D eigenvalue weighted by Gasteiger charge is 2.03. The van der Waals surface area contributed by atoms with E-state index in [-0.39, 0.29) is 0 Å². The lowest BCUT2D eigenvalue weighted by Crippen LogP contribution is -2.12. The Bertz CT molecular complexity index is 409. The predicted octanol–water partition coefficient (Wildman–Crippen LogP) is 3.39. The first-order valence-electron chi connectivity index (χ1n) is 6.01. The number of nitrogens with zero attached hydrogens (tertiary/aromatic N) is 1. The van der Waals surface area contributed by atoms with Gasteiger partial charge in [-0.15, -0.1) is 0 Å². The Labute approximate surface area is 116 Å². The zero-order chi connectivity index (χ0) is 13.5. The van der Waals surface area contributed by atoms with Crippen LogP contribution in [0, 0.1) is 13.8 Å². The molecule has 0 heterocycles. The maximum Gasteiger partial charge on any atom is 0.139 e. The molecular formula is C13H20BrN3O. The van der Waals surface area contributed by atoms with Crippen LogP contribution in [-0.2, 0) is 0 Å². The molecular weight excluding hydrogens is 294 g/mol. The van der Waals surface area contributed by atoms with E-state index in [4.69, 9.17) is 10.9 Å². The van der Waals surface area contributed by atoms with Crippen molar-refractivity contribution in [3.8, 4) is 0 Å². The average Bonchev–Trinajstić information content (AvgIpc) is 2.31. The molecule has 4 N–H and O–H groups in total. The largest absolute Gasteiger partial charge is 0.409 e. The molecule has 1 aromatic rings. The highest BCUT2D eigenvalue weighted by Crippen LogP contribution is 2.25. The minimum absolute atomic E-state index is 0.297. The summed E-state index contributed by atoms with van der Waals surface area (Å²) >= 11 is 3.49. The van der Waals surface area contributed by atoms with Gasteiger partial charge in [-0.1, -0.05) is 21.1 Å². The van der Waals surface area contributed by atoms with Gasteiger partial charge in [-0.3, -0.25) is 0 Å². The summed E-state index contributed by atoms with van der Waals surface area (Å²) in [4.78, 5) is 0. The van der Waals surface area contributed by atoms with Gasteiger partial charge < -0.3 is 16.3 Å². The van der Waals surface area contributed by atoms with Gasteiger partial charge in [-0.05, 0) is 49.9 Å². The van der Waals surface area contributed by atoms with Gasteiger partial charge >= 0.3 is 0 Å². The van der Waals surface area contributed by atoms with Gasteiger partial charge in [0.1, 0.15) is 5.84 Å². The summed E-state index contributed by atoms with van der Waals surface area (Å²) in [6.07, 6.45) is 2.54. The second-order valence-corrected chi connectivity index (χ2v) is 5.31. The van der Waals surface area contributed by atoms with Crippen molar-refractivity contribution in [2.24, 2.45) is 10.9 Å². The first kappa shape index (κ1) is 14.8. The second-order valence-electron chi connectivity index (χ2n) is 4.39. The van der Waals surface area contributed by atoms with Gasteiger partial charge in [0.05, 0.1) is 0 Å². The normalized spacial score (nSPS) is 11.6. The van der Waals surface area contributed by atoms with Crippen LogP contribution >= 0.6 is 15.9 Å². The van der Waals surface area contributed by atoms with Crippen LogP contribution < -0.4 is 11.1 Å². The maximum absolute atomic E-state index is 8.41.